The molecule has 1 aromatic heterocycles. The molecule has 1 aromatic carbocycles. The summed E-state index contributed by atoms with van der Waals surface area (Å²) in [6.45, 7) is 0.258. The van der Waals surface area contributed by atoms with Gasteiger partial charge in [-0.05, 0) is 23.8 Å². The molecule has 0 saturated carbocycles. The highest BCUT2D eigenvalue weighted by molar-refractivity contribution is 7.88. The Hall–Kier alpha value is -2.97. The van der Waals surface area contributed by atoms with Gasteiger partial charge in [0.2, 0.25) is 21.9 Å². The Morgan fingerprint density at radius 2 is 2.12 bits per heavy atom. The SMILES string of the molecule is CS(=O)(=O)N1CCO[C@@H](CNc2nc(Nc3ccc4c(c3)CC(=O)N4)ncc2C(F)(F)F)C1. The summed E-state index contributed by atoms with van der Waals surface area (Å²) in [4.78, 5) is 19.2. The van der Waals surface area contributed by atoms with Crippen LogP contribution in [0.25, 0.3) is 0 Å². The second-order valence-corrected chi connectivity index (χ2v) is 9.65. The number of sulfonamides is 1. The molecule has 3 heterocycles. The first-order valence-electron chi connectivity index (χ1n) is 9.93. The zero-order chi connectivity index (χ0) is 23.8. The van der Waals surface area contributed by atoms with Gasteiger partial charge in [-0.2, -0.15) is 22.5 Å². The molecule has 1 saturated heterocycles. The van der Waals surface area contributed by atoms with Gasteiger partial charge in [-0.1, -0.05) is 0 Å². The summed E-state index contributed by atoms with van der Waals surface area (Å²) in [5.41, 5.74) is 0.875. The number of amides is 1. The van der Waals surface area contributed by atoms with Crippen LogP contribution in [0, 0.1) is 0 Å². The highest BCUT2D eigenvalue weighted by atomic mass is 32.2. The third-order valence-corrected chi connectivity index (χ3v) is 6.42. The Balaban J connectivity index is 1.51. The van der Waals surface area contributed by atoms with Gasteiger partial charge in [-0.3, -0.25) is 4.79 Å². The van der Waals surface area contributed by atoms with Crippen LogP contribution in [-0.2, 0) is 32.2 Å². The van der Waals surface area contributed by atoms with E-state index in [4.69, 9.17) is 4.74 Å². The zero-order valence-corrected chi connectivity index (χ0v) is 18.3. The van der Waals surface area contributed by atoms with E-state index in [0.717, 1.165) is 11.8 Å². The molecule has 2 aliphatic heterocycles. The molecule has 2 aliphatic rings. The van der Waals surface area contributed by atoms with Crippen LogP contribution in [0.4, 0.5) is 36.3 Å². The molecule has 33 heavy (non-hydrogen) atoms. The maximum absolute atomic E-state index is 13.5. The molecule has 1 amide bonds. The van der Waals surface area contributed by atoms with Crippen molar-refractivity contribution in [3.63, 3.8) is 0 Å². The minimum Gasteiger partial charge on any atom is -0.374 e. The van der Waals surface area contributed by atoms with Gasteiger partial charge in [-0.15, -0.1) is 0 Å². The molecule has 2 aromatic rings. The van der Waals surface area contributed by atoms with E-state index in [-0.39, 0.29) is 44.5 Å². The number of anilines is 4. The van der Waals surface area contributed by atoms with Crippen LogP contribution in [0.3, 0.4) is 0 Å². The number of halogens is 3. The van der Waals surface area contributed by atoms with Gasteiger partial charge in [0.25, 0.3) is 0 Å². The van der Waals surface area contributed by atoms with Gasteiger partial charge in [-0.25, -0.2) is 13.4 Å². The first-order valence-corrected chi connectivity index (χ1v) is 11.8. The number of hydrogen-bond donors (Lipinski definition) is 3. The lowest BCUT2D eigenvalue weighted by molar-refractivity contribution is -0.137. The number of carbonyl (C=O) groups is 1. The molecule has 4 rings (SSSR count). The van der Waals surface area contributed by atoms with E-state index < -0.39 is 33.7 Å². The Labute approximate surface area is 187 Å². The lowest BCUT2D eigenvalue weighted by atomic mass is 10.1. The van der Waals surface area contributed by atoms with Crippen LogP contribution >= 0.6 is 0 Å². The Kier molecular flexibility index (Phi) is 6.16. The van der Waals surface area contributed by atoms with E-state index in [1.54, 1.807) is 18.2 Å². The van der Waals surface area contributed by atoms with Crippen LogP contribution in [0.5, 0.6) is 0 Å². The molecule has 1 atom stereocenters. The largest absolute Gasteiger partial charge is 0.421 e. The average Bonchev–Trinajstić information content (AvgIpc) is 3.10. The summed E-state index contributed by atoms with van der Waals surface area (Å²) in [6.07, 6.45) is -3.41. The van der Waals surface area contributed by atoms with Gasteiger partial charge >= 0.3 is 6.18 Å². The molecule has 14 heteroatoms. The first-order chi connectivity index (χ1) is 15.5. The van der Waals surface area contributed by atoms with Crippen LogP contribution in [0.1, 0.15) is 11.1 Å². The van der Waals surface area contributed by atoms with Crippen molar-refractivity contribution in [2.75, 3.05) is 48.4 Å². The number of morpholine rings is 1. The quantitative estimate of drug-likeness (QED) is 0.565. The highest BCUT2D eigenvalue weighted by Crippen LogP contribution is 2.34. The van der Waals surface area contributed by atoms with Crippen molar-refractivity contribution in [3.8, 4) is 0 Å². The summed E-state index contributed by atoms with van der Waals surface area (Å²) in [6, 6.07) is 5.02. The van der Waals surface area contributed by atoms with Gasteiger partial charge in [0, 0.05) is 37.2 Å². The van der Waals surface area contributed by atoms with Crippen LogP contribution in [0.2, 0.25) is 0 Å². The summed E-state index contributed by atoms with van der Waals surface area (Å²) in [7, 11) is -3.44. The summed E-state index contributed by atoms with van der Waals surface area (Å²) >= 11 is 0. The van der Waals surface area contributed by atoms with Crippen molar-refractivity contribution in [1.29, 1.82) is 0 Å². The number of nitrogens with one attached hydrogen (secondary N) is 3. The van der Waals surface area contributed by atoms with E-state index >= 15 is 0 Å². The summed E-state index contributed by atoms with van der Waals surface area (Å²) < 4.78 is 70.6. The van der Waals surface area contributed by atoms with Crippen molar-refractivity contribution >= 4 is 39.1 Å². The third kappa shape index (κ3) is 5.51. The predicted octanol–water partition coefficient (Wildman–Crippen LogP) is 1.81. The number of ether oxygens (including phenoxy) is 1. The molecule has 1 fully saturated rings. The molecule has 0 spiro atoms. The van der Waals surface area contributed by atoms with E-state index in [2.05, 4.69) is 25.9 Å². The fourth-order valence-corrected chi connectivity index (χ4v) is 4.39. The number of alkyl halides is 3. The van der Waals surface area contributed by atoms with Crippen LogP contribution in [-0.4, -0.2) is 67.2 Å². The molecular weight excluding hydrogens is 465 g/mol. The number of nitrogens with zero attached hydrogens (tertiary/aromatic N) is 3. The molecule has 3 N–H and O–H groups in total. The van der Waals surface area contributed by atoms with Gasteiger partial charge < -0.3 is 20.7 Å². The average molecular weight is 486 g/mol. The topological polar surface area (TPSA) is 126 Å². The minimum atomic E-state index is -4.70. The number of benzene rings is 1. The number of hydrogen-bond acceptors (Lipinski definition) is 8. The lowest BCUT2D eigenvalue weighted by Crippen LogP contribution is -2.47. The van der Waals surface area contributed by atoms with E-state index in [1.165, 1.54) is 4.31 Å². The molecule has 0 aliphatic carbocycles. The fourth-order valence-electron chi connectivity index (χ4n) is 3.55. The highest BCUT2D eigenvalue weighted by Gasteiger charge is 2.36. The summed E-state index contributed by atoms with van der Waals surface area (Å²) in [5.74, 6) is -0.679. The maximum atomic E-state index is 13.5. The maximum Gasteiger partial charge on any atom is 0.421 e. The molecule has 178 valence electrons. The molecule has 10 nitrogen and oxygen atoms in total. The van der Waals surface area contributed by atoms with Crippen molar-refractivity contribution in [3.05, 3.63) is 35.5 Å². The van der Waals surface area contributed by atoms with E-state index in [0.29, 0.717) is 17.6 Å². The number of carbonyl (C=O) groups excluding carboxylic acids is 1. The normalized spacial score (nSPS) is 19.2. The molecule has 0 radical (unpaired) electrons. The Morgan fingerprint density at radius 1 is 1.33 bits per heavy atom. The Bertz CT molecular complexity index is 1170. The standard InChI is InChI=1S/C19H21F3N6O4S/c1-33(30,31)28-4-5-32-13(10-28)8-23-17-14(19(20,21)22)9-24-18(27-17)25-12-2-3-15-11(6-12)7-16(29)26-15/h2-3,6,9,13H,4-5,7-8,10H2,1H3,(H,26,29)(H2,23,24,25,27)/t13-/m0/s1. The number of aromatic nitrogens is 2. The van der Waals surface area contributed by atoms with Gasteiger partial charge in [0.1, 0.15) is 11.4 Å². The predicted molar refractivity (Wildman–Crippen MR) is 114 cm³/mol. The lowest BCUT2D eigenvalue weighted by Gasteiger charge is -2.31. The zero-order valence-electron chi connectivity index (χ0n) is 17.4. The summed E-state index contributed by atoms with van der Waals surface area (Å²) in [5, 5.41) is 8.16. The second kappa shape index (κ2) is 8.76. The molecule has 0 bridgehead atoms. The Morgan fingerprint density at radius 3 is 2.85 bits per heavy atom. The van der Waals surface area contributed by atoms with Crippen LogP contribution < -0.4 is 16.0 Å². The van der Waals surface area contributed by atoms with Gasteiger partial charge in [0.15, 0.2) is 0 Å². The monoisotopic (exact) mass is 486 g/mol. The van der Waals surface area contributed by atoms with E-state index in [9.17, 15) is 26.4 Å². The fraction of sp³-hybridized carbons (Fsp3) is 0.421. The second-order valence-electron chi connectivity index (χ2n) is 7.67. The minimum absolute atomic E-state index is 0.0191. The van der Waals surface area contributed by atoms with Crippen molar-refractivity contribution < 1.29 is 31.1 Å². The number of fused-ring (bicyclic) bond motifs is 1. The number of rotatable bonds is 6. The van der Waals surface area contributed by atoms with E-state index in [1.807, 2.05) is 0 Å². The van der Waals surface area contributed by atoms with Gasteiger partial charge in [0.05, 0.1) is 25.4 Å². The third-order valence-electron chi connectivity index (χ3n) is 5.15. The molecule has 0 unspecified atom stereocenters. The van der Waals surface area contributed by atoms with Crippen molar-refractivity contribution in [1.82, 2.24) is 14.3 Å². The van der Waals surface area contributed by atoms with Crippen molar-refractivity contribution in [2.24, 2.45) is 0 Å². The van der Waals surface area contributed by atoms with Crippen molar-refractivity contribution in [2.45, 2.75) is 18.7 Å². The first kappa shape index (κ1) is 23.2. The smallest absolute Gasteiger partial charge is 0.374 e. The van der Waals surface area contributed by atoms with Crippen LogP contribution in [0.15, 0.2) is 24.4 Å². The molecular formula is C19H21F3N6O4S.